The molecule has 0 atom stereocenters. The summed E-state index contributed by atoms with van der Waals surface area (Å²) in [5, 5.41) is 0.665. The highest BCUT2D eigenvalue weighted by molar-refractivity contribution is 7.99. The second-order valence-corrected chi connectivity index (χ2v) is 7.51. The molecule has 1 saturated heterocycles. The van der Waals surface area contributed by atoms with Crippen LogP contribution in [-0.4, -0.2) is 63.6 Å². The van der Waals surface area contributed by atoms with Crippen molar-refractivity contribution in [2.24, 2.45) is 0 Å². The van der Waals surface area contributed by atoms with E-state index in [4.69, 9.17) is 0 Å². The molecule has 4 rings (SSSR count). The Labute approximate surface area is 152 Å². The van der Waals surface area contributed by atoms with Crippen molar-refractivity contribution in [3.05, 3.63) is 53.9 Å². The number of benzene rings is 1. The summed E-state index contributed by atoms with van der Waals surface area (Å²) in [5.74, 6) is 0.602. The largest absolute Gasteiger partial charge is 0.339 e. The minimum atomic E-state index is 0.187. The van der Waals surface area contributed by atoms with E-state index in [0.717, 1.165) is 39.0 Å². The van der Waals surface area contributed by atoms with Gasteiger partial charge in [0.2, 0.25) is 5.91 Å². The van der Waals surface area contributed by atoms with Gasteiger partial charge in [0.15, 0.2) is 5.16 Å². The average molecular weight is 354 g/mol. The number of thioether (sulfide) groups is 1. The van der Waals surface area contributed by atoms with Crippen LogP contribution in [0.15, 0.2) is 47.9 Å². The van der Waals surface area contributed by atoms with Crippen LogP contribution in [0.5, 0.6) is 0 Å². The minimum absolute atomic E-state index is 0.187. The minimum Gasteiger partial charge on any atom is -0.339 e. The van der Waals surface area contributed by atoms with Gasteiger partial charge in [0.1, 0.15) is 0 Å². The van der Waals surface area contributed by atoms with E-state index in [1.54, 1.807) is 18.5 Å². The molecule has 6 heteroatoms. The summed E-state index contributed by atoms with van der Waals surface area (Å²) in [5.41, 5.74) is 2.98. The molecule has 1 amide bonds. The first-order valence-electron chi connectivity index (χ1n) is 8.78. The van der Waals surface area contributed by atoms with Crippen molar-refractivity contribution in [2.45, 2.75) is 24.0 Å². The van der Waals surface area contributed by atoms with Gasteiger partial charge in [0, 0.05) is 44.6 Å². The summed E-state index contributed by atoms with van der Waals surface area (Å²) in [4.78, 5) is 25.2. The van der Waals surface area contributed by atoms with Gasteiger partial charge in [0.05, 0.1) is 5.75 Å². The number of rotatable bonds is 4. The Kier molecular flexibility index (Phi) is 4.99. The van der Waals surface area contributed by atoms with Crippen LogP contribution in [0.4, 0.5) is 0 Å². The third-order valence-electron chi connectivity index (χ3n) is 5.08. The maximum Gasteiger partial charge on any atom is 0.233 e. The highest BCUT2D eigenvalue weighted by atomic mass is 32.2. The molecule has 5 nitrogen and oxygen atoms in total. The van der Waals surface area contributed by atoms with Crippen LogP contribution < -0.4 is 0 Å². The van der Waals surface area contributed by atoms with Gasteiger partial charge in [-0.05, 0) is 30.0 Å². The van der Waals surface area contributed by atoms with E-state index in [0.29, 0.717) is 17.0 Å². The molecule has 130 valence electrons. The predicted octanol–water partition coefficient (Wildman–Crippen LogP) is 1.88. The fraction of sp³-hybridized carbons (Fsp3) is 0.421. The van der Waals surface area contributed by atoms with E-state index >= 15 is 0 Å². The van der Waals surface area contributed by atoms with Crippen molar-refractivity contribution in [1.82, 2.24) is 19.8 Å². The maximum atomic E-state index is 12.4. The lowest BCUT2D eigenvalue weighted by molar-refractivity contribution is -0.130. The van der Waals surface area contributed by atoms with E-state index in [1.165, 1.54) is 22.9 Å². The smallest absolute Gasteiger partial charge is 0.233 e. The van der Waals surface area contributed by atoms with Crippen LogP contribution in [0, 0.1) is 0 Å². The number of carbonyl (C=O) groups is 1. The van der Waals surface area contributed by atoms with E-state index in [1.807, 2.05) is 4.90 Å². The molecule has 0 unspecified atom stereocenters. The fourth-order valence-electron chi connectivity index (χ4n) is 3.71. The van der Waals surface area contributed by atoms with Crippen LogP contribution in [0.2, 0.25) is 0 Å². The monoisotopic (exact) mass is 354 g/mol. The summed E-state index contributed by atoms with van der Waals surface area (Å²) in [6.07, 6.45) is 5.70. The van der Waals surface area contributed by atoms with E-state index in [9.17, 15) is 4.79 Å². The van der Waals surface area contributed by atoms with Crippen LogP contribution >= 0.6 is 11.8 Å². The quantitative estimate of drug-likeness (QED) is 0.620. The summed E-state index contributed by atoms with van der Waals surface area (Å²) < 4.78 is 0. The Balaban J connectivity index is 1.25. The van der Waals surface area contributed by atoms with Crippen LogP contribution in [0.25, 0.3) is 0 Å². The second kappa shape index (κ2) is 7.54. The Bertz CT molecular complexity index is 706. The van der Waals surface area contributed by atoms with Crippen molar-refractivity contribution in [1.29, 1.82) is 0 Å². The number of hydrogen-bond acceptors (Lipinski definition) is 5. The molecule has 1 aromatic heterocycles. The first kappa shape index (κ1) is 16.5. The SMILES string of the molecule is O=C(CSc1ncccn1)N1CCN(C2Cc3ccccc3C2)CC1. The standard InChI is InChI=1S/C19H22N4OS/c24-18(14-25-19-20-6-3-7-21-19)23-10-8-22(9-11-23)17-12-15-4-1-2-5-16(15)13-17/h1-7,17H,8-14H2. The van der Waals surface area contributed by atoms with E-state index in [2.05, 4.69) is 39.1 Å². The van der Waals surface area contributed by atoms with Gasteiger partial charge >= 0.3 is 0 Å². The van der Waals surface area contributed by atoms with E-state index in [-0.39, 0.29) is 5.91 Å². The zero-order valence-corrected chi connectivity index (χ0v) is 15.0. The molecule has 2 heterocycles. The van der Waals surface area contributed by atoms with Gasteiger partial charge in [-0.15, -0.1) is 0 Å². The number of aromatic nitrogens is 2. The average Bonchev–Trinajstić information content (AvgIpc) is 3.11. The molecule has 0 saturated carbocycles. The van der Waals surface area contributed by atoms with Crippen molar-refractivity contribution in [2.75, 3.05) is 31.9 Å². The number of piperazine rings is 1. The topological polar surface area (TPSA) is 49.3 Å². The number of fused-ring (bicyclic) bond motifs is 1. The highest BCUT2D eigenvalue weighted by Gasteiger charge is 2.30. The molecule has 2 aliphatic rings. The van der Waals surface area contributed by atoms with Gasteiger partial charge < -0.3 is 4.90 Å². The van der Waals surface area contributed by atoms with Gasteiger partial charge in [-0.1, -0.05) is 36.0 Å². The number of hydrogen-bond donors (Lipinski definition) is 0. The molecular formula is C19H22N4OS. The molecule has 1 aliphatic carbocycles. The Hall–Kier alpha value is -1.92. The van der Waals surface area contributed by atoms with Crippen molar-refractivity contribution in [3.63, 3.8) is 0 Å². The molecule has 1 fully saturated rings. The first-order chi connectivity index (χ1) is 12.3. The lowest BCUT2D eigenvalue weighted by Crippen LogP contribution is -2.52. The number of carbonyl (C=O) groups excluding carboxylic acids is 1. The highest BCUT2D eigenvalue weighted by Crippen LogP contribution is 2.26. The summed E-state index contributed by atoms with van der Waals surface area (Å²) in [7, 11) is 0. The molecule has 25 heavy (non-hydrogen) atoms. The molecule has 0 bridgehead atoms. The Morgan fingerprint density at radius 1 is 1.00 bits per heavy atom. The molecule has 0 spiro atoms. The normalized spacial score (nSPS) is 18.3. The third-order valence-corrected chi connectivity index (χ3v) is 5.94. The van der Waals surface area contributed by atoms with Crippen LogP contribution in [-0.2, 0) is 17.6 Å². The Morgan fingerprint density at radius 3 is 2.28 bits per heavy atom. The zero-order valence-electron chi connectivity index (χ0n) is 14.2. The summed E-state index contributed by atoms with van der Waals surface area (Å²) in [6.45, 7) is 3.58. The Morgan fingerprint density at radius 2 is 1.64 bits per heavy atom. The van der Waals surface area contributed by atoms with Crippen molar-refractivity contribution >= 4 is 17.7 Å². The zero-order chi connectivity index (χ0) is 17.1. The van der Waals surface area contributed by atoms with Gasteiger partial charge in [0.25, 0.3) is 0 Å². The predicted molar refractivity (Wildman–Crippen MR) is 98.5 cm³/mol. The second-order valence-electron chi connectivity index (χ2n) is 6.57. The third kappa shape index (κ3) is 3.85. The lowest BCUT2D eigenvalue weighted by atomic mass is 10.1. The number of amides is 1. The summed E-state index contributed by atoms with van der Waals surface area (Å²) in [6, 6.07) is 11.1. The summed E-state index contributed by atoms with van der Waals surface area (Å²) >= 11 is 1.41. The van der Waals surface area contributed by atoms with Crippen molar-refractivity contribution in [3.8, 4) is 0 Å². The molecule has 1 aliphatic heterocycles. The van der Waals surface area contributed by atoms with Crippen LogP contribution in [0.1, 0.15) is 11.1 Å². The molecular weight excluding hydrogens is 332 g/mol. The molecule has 0 radical (unpaired) electrons. The lowest BCUT2D eigenvalue weighted by Gasteiger charge is -2.38. The first-order valence-corrected chi connectivity index (χ1v) is 9.76. The van der Waals surface area contributed by atoms with Crippen LogP contribution in [0.3, 0.4) is 0 Å². The molecule has 0 N–H and O–H groups in total. The molecule has 2 aromatic rings. The fourth-order valence-corrected chi connectivity index (χ4v) is 4.41. The van der Waals surface area contributed by atoms with Gasteiger partial charge in [-0.3, -0.25) is 9.69 Å². The maximum absolute atomic E-state index is 12.4. The van der Waals surface area contributed by atoms with E-state index < -0.39 is 0 Å². The van der Waals surface area contributed by atoms with Crippen molar-refractivity contribution < 1.29 is 4.79 Å². The van der Waals surface area contributed by atoms with Gasteiger partial charge in [-0.25, -0.2) is 9.97 Å². The van der Waals surface area contributed by atoms with Gasteiger partial charge in [-0.2, -0.15) is 0 Å². The molecule has 1 aromatic carbocycles. The number of nitrogens with zero attached hydrogens (tertiary/aromatic N) is 4.